The molecule has 0 aliphatic rings. The van der Waals surface area contributed by atoms with Crippen LogP contribution in [0.2, 0.25) is 0 Å². The van der Waals surface area contributed by atoms with Gasteiger partial charge in [0.25, 0.3) is 15.9 Å². The molecule has 1 heterocycles. The second kappa shape index (κ2) is 9.25. The van der Waals surface area contributed by atoms with Gasteiger partial charge in [0.05, 0.1) is 0 Å². The maximum absolute atomic E-state index is 12.8. The Morgan fingerprint density at radius 3 is 2.39 bits per heavy atom. The molecule has 1 unspecified atom stereocenters. The predicted octanol–water partition coefficient (Wildman–Crippen LogP) is 4.13. The van der Waals surface area contributed by atoms with E-state index in [2.05, 4.69) is 34.1 Å². The summed E-state index contributed by atoms with van der Waals surface area (Å²) in [6, 6.07) is 16.8. The molecule has 0 saturated heterocycles. The molecule has 3 rings (SSSR count). The lowest BCUT2D eigenvalue weighted by Crippen LogP contribution is -2.37. The van der Waals surface area contributed by atoms with Crippen LogP contribution < -0.4 is 10.0 Å². The van der Waals surface area contributed by atoms with Crippen LogP contribution in [0.5, 0.6) is 0 Å². The number of hydrogen-bond acceptors (Lipinski definition) is 6. The number of aromatic nitrogens is 2. The molecule has 0 aliphatic carbocycles. The quantitative estimate of drug-likeness (QED) is 0.494. The zero-order valence-electron chi connectivity index (χ0n) is 17.9. The summed E-state index contributed by atoms with van der Waals surface area (Å²) < 4.78 is 28.0. The summed E-state index contributed by atoms with van der Waals surface area (Å²) in [5.74, 6) is -0.357. The highest BCUT2D eigenvalue weighted by Crippen LogP contribution is 2.29. The van der Waals surface area contributed by atoms with Crippen LogP contribution in [0.25, 0.3) is 0 Å². The van der Waals surface area contributed by atoms with Crippen molar-refractivity contribution in [3.63, 3.8) is 0 Å². The Balaban J connectivity index is 1.67. The summed E-state index contributed by atoms with van der Waals surface area (Å²) in [5.41, 5.74) is 2.24. The molecule has 164 valence electrons. The van der Waals surface area contributed by atoms with E-state index in [1.807, 2.05) is 56.3 Å². The van der Waals surface area contributed by atoms with E-state index < -0.39 is 10.0 Å². The zero-order chi connectivity index (χ0) is 22.6. The molecule has 1 atom stereocenters. The number of carbonyl (C=O) groups is 1. The third-order valence-electron chi connectivity index (χ3n) is 4.97. The van der Waals surface area contributed by atoms with Crippen LogP contribution in [-0.2, 0) is 15.4 Å². The summed E-state index contributed by atoms with van der Waals surface area (Å²) in [7, 11) is -3.86. The van der Waals surface area contributed by atoms with Crippen LogP contribution in [0.1, 0.15) is 48.7 Å². The van der Waals surface area contributed by atoms with Crippen molar-refractivity contribution in [2.75, 3.05) is 5.32 Å². The van der Waals surface area contributed by atoms with Gasteiger partial charge in [0.2, 0.25) is 9.47 Å². The molecule has 0 fully saturated rings. The maximum Gasteiger partial charge on any atom is 0.270 e. The summed E-state index contributed by atoms with van der Waals surface area (Å²) in [4.78, 5) is 12.4. The first kappa shape index (κ1) is 23.1. The number of aryl methyl sites for hydroxylation is 1. The van der Waals surface area contributed by atoms with Crippen molar-refractivity contribution in [2.24, 2.45) is 0 Å². The summed E-state index contributed by atoms with van der Waals surface area (Å²) >= 11 is 0.820. The minimum absolute atomic E-state index is 0.130. The smallest absolute Gasteiger partial charge is 0.270 e. The second-order valence-electron chi connectivity index (χ2n) is 8.12. The summed E-state index contributed by atoms with van der Waals surface area (Å²) in [6.45, 7) is 7.81. The first-order chi connectivity index (χ1) is 14.6. The Labute approximate surface area is 187 Å². The third kappa shape index (κ3) is 5.75. The fraction of sp³-hybridized carbons (Fsp3) is 0.318. The van der Waals surface area contributed by atoms with E-state index in [-0.39, 0.29) is 26.8 Å². The number of anilines is 1. The van der Waals surface area contributed by atoms with Crippen LogP contribution in [0.3, 0.4) is 0 Å². The van der Waals surface area contributed by atoms with E-state index in [1.54, 1.807) is 12.1 Å². The van der Waals surface area contributed by atoms with Gasteiger partial charge < -0.3 is 0 Å². The summed E-state index contributed by atoms with van der Waals surface area (Å²) in [6.07, 6.45) is 0.603. The molecule has 0 saturated carbocycles. The fourth-order valence-corrected chi connectivity index (χ4v) is 5.65. The van der Waals surface area contributed by atoms with Crippen molar-refractivity contribution in [3.8, 4) is 0 Å². The first-order valence-electron chi connectivity index (χ1n) is 9.87. The van der Waals surface area contributed by atoms with E-state index in [9.17, 15) is 13.2 Å². The highest BCUT2D eigenvalue weighted by Gasteiger charge is 2.28. The molecule has 2 aromatic carbocycles. The average Bonchev–Trinajstić information content (AvgIpc) is 3.17. The minimum atomic E-state index is -3.86. The maximum atomic E-state index is 12.8. The van der Waals surface area contributed by atoms with E-state index in [0.29, 0.717) is 12.0 Å². The molecule has 1 amide bonds. The van der Waals surface area contributed by atoms with Gasteiger partial charge in [-0.1, -0.05) is 73.7 Å². The van der Waals surface area contributed by atoms with E-state index in [1.165, 1.54) is 0 Å². The van der Waals surface area contributed by atoms with E-state index in [4.69, 9.17) is 0 Å². The molecule has 2 N–H and O–H groups in total. The van der Waals surface area contributed by atoms with Crippen molar-refractivity contribution in [1.82, 2.24) is 14.9 Å². The number of rotatable bonds is 8. The topological polar surface area (TPSA) is 101 Å². The molecule has 1 aromatic heterocycles. The third-order valence-corrected chi connectivity index (χ3v) is 7.77. The largest absolute Gasteiger partial charge is 0.296 e. The lowest BCUT2D eigenvalue weighted by Gasteiger charge is -2.28. The number of amides is 1. The van der Waals surface area contributed by atoms with Crippen LogP contribution in [0, 0.1) is 6.92 Å². The molecule has 0 aliphatic heterocycles. The van der Waals surface area contributed by atoms with Gasteiger partial charge in [0, 0.05) is 11.6 Å². The Morgan fingerprint density at radius 1 is 1.06 bits per heavy atom. The summed E-state index contributed by atoms with van der Waals surface area (Å²) in [5, 5.41) is 10.3. The molecule has 0 bridgehead atoms. The van der Waals surface area contributed by atoms with Gasteiger partial charge in [-0.2, -0.15) is 0 Å². The fourth-order valence-electron chi connectivity index (χ4n) is 3.49. The highest BCUT2D eigenvalue weighted by molar-refractivity contribution is 7.91. The zero-order valence-corrected chi connectivity index (χ0v) is 19.5. The SMILES string of the molecule is Cc1ccccc1C(=O)Nc1nnc(S(=O)(=O)NC(C)CC(C)(C)c2ccccc2)s1. The van der Waals surface area contributed by atoms with Crippen LogP contribution in [0.15, 0.2) is 58.9 Å². The van der Waals surface area contributed by atoms with E-state index >= 15 is 0 Å². The number of benzene rings is 2. The van der Waals surface area contributed by atoms with Gasteiger partial charge in [-0.15, -0.1) is 10.2 Å². The highest BCUT2D eigenvalue weighted by atomic mass is 32.2. The van der Waals surface area contributed by atoms with Crippen molar-refractivity contribution in [1.29, 1.82) is 0 Å². The molecule has 7 nitrogen and oxygen atoms in total. The standard InChI is InChI=1S/C22H26N4O3S2/c1-15-10-8-9-13-18(15)19(27)23-20-24-25-21(30-20)31(28,29)26-16(2)14-22(3,4)17-11-6-5-7-12-17/h5-13,16,26H,14H2,1-4H3,(H,23,24,27). The van der Waals surface area contributed by atoms with Crippen LogP contribution >= 0.6 is 11.3 Å². The minimum Gasteiger partial charge on any atom is -0.296 e. The van der Waals surface area contributed by atoms with Gasteiger partial charge in [-0.25, -0.2) is 13.1 Å². The molecular formula is C22H26N4O3S2. The van der Waals surface area contributed by atoms with Crippen molar-refractivity contribution < 1.29 is 13.2 Å². The number of hydrogen-bond donors (Lipinski definition) is 2. The normalized spacial score (nSPS) is 13.0. The molecule has 0 radical (unpaired) electrons. The second-order valence-corrected chi connectivity index (χ2v) is 11.0. The predicted molar refractivity (Wildman–Crippen MR) is 123 cm³/mol. The molecule has 9 heteroatoms. The number of nitrogens with one attached hydrogen (secondary N) is 2. The van der Waals surface area contributed by atoms with Crippen LogP contribution in [0.4, 0.5) is 5.13 Å². The number of sulfonamides is 1. The Hall–Kier alpha value is -2.62. The average molecular weight is 459 g/mol. The van der Waals surface area contributed by atoms with Crippen LogP contribution in [-0.4, -0.2) is 30.6 Å². The Kier molecular flexibility index (Phi) is 6.88. The lowest BCUT2D eigenvalue weighted by molar-refractivity contribution is 0.102. The van der Waals surface area contributed by atoms with Gasteiger partial charge >= 0.3 is 0 Å². The first-order valence-corrected chi connectivity index (χ1v) is 12.2. The van der Waals surface area contributed by atoms with Crippen molar-refractivity contribution >= 4 is 32.4 Å². The monoisotopic (exact) mass is 458 g/mol. The molecule has 3 aromatic rings. The van der Waals surface area contributed by atoms with Gasteiger partial charge in [-0.05, 0) is 42.9 Å². The lowest BCUT2D eigenvalue weighted by atomic mass is 9.79. The van der Waals surface area contributed by atoms with Gasteiger partial charge in [-0.3, -0.25) is 10.1 Å². The van der Waals surface area contributed by atoms with Crippen molar-refractivity contribution in [2.45, 2.75) is 49.9 Å². The number of nitrogens with zero attached hydrogens (tertiary/aromatic N) is 2. The number of carbonyl (C=O) groups excluding carboxylic acids is 1. The Morgan fingerprint density at radius 2 is 1.71 bits per heavy atom. The van der Waals surface area contributed by atoms with E-state index in [0.717, 1.165) is 22.5 Å². The van der Waals surface area contributed by atoms with Crippen molar-refractivity contribution in [3.05, 3.63) is 71.3 Å². The van der Waals surface area contributed by atoms with Gasteiger partial charge in [0.15, 0.2) is 0 Å². The Bertz CT molecular complexity index is 1160. The molecule has 31 heavy (non-hydrogen) atoms. The molecular weight excluding hydrogens is 432 g/mol. The van der Waals surface area contributed by atoms with Gasteiger partial charge in [0.1, 0.15) is 0 Å². The molecule has 0 spiro atoms.